The molecule has 0 radical (unpaired) electrons. The van der Waals surface area contributed by atoms with Crippen molar-refractivity contribution in [3.63, 3.8) is 0 Å². The van der Waals surface area contributed by atoms with Gasteiger partial charge in [0, 0.05) is 11.8 Å². The number of rotatable bonds is 1. The number of aryl methyl sites for hydroxylation is 1. The van der Waals surface area contributed by atoms with Gasteiger partial charge in [0.1, 0.15) is 11.6 Å². The largest absolute Gasteiger partial charge is 0.434 e. The first kappa shape index (κ1) is 11.6. The van der Waals surface area contributed by atoms with E-state index >= 15 is 0 Å². The Labute approximate surface area is 106 Å². The van der Waals surface area contributed by atoms with E-state index in [1.807, 2.05) is 6.92 Å². The second kappa shape index (κ2) is 4.01. The number of fused-ring (bicyclic) bond motifs is 1. The molecular formula is C13H9F2N3O. The van der Waals surface area contributed by atoms with Crippen molar-refractivity contribution in [2.24, 2.45) is 0 Å². The standard InChI is InChI=1S/C13H9F2N3O/c1-6-2-3-11-12(17-6)18-13(19-11)7-4-10(16)9(15)5-8(7)14/h2-5H,16H2,1H3. The number of nitrogens with two attached hydrogens (primary N) is 1. The molecule has 2 heterocycles. The van der Waals surface area contributed by atoms with E-state index in [2.05, 4.69) is 9.97 Å². The van der Waals surface area contributed by atoms with E-state index in [4.69, 9.17) is 10.2 Å². The smallest absolute Gasteiger partial charge is 0.231 e. The van der Waals surface area contributed by atoms with Gasteiger partial charge < -0.3 is 10.2 Å². The molecular weight excluding hydrogens is 252 g/mol. The number of benzene rings is 1. The fourth-order valence-electron chi connectivity index (χ4n) is 1.76. The topological polar surface area (TPSA) is 64.9 Å². The third kappa shape index (κ3) is 1.91. The van der Waals surface area contributed by atoms with Gasteiger partial charge in [0.15, 0.2) is 11.2 Å². The molecule has 0 spiro atoms. The van der Waals surface area contributed by atoms with Gasteiger partial charge in [-0.1, -0.05) is 0 Å². The molecule has 4 nitrogen and oxygen atoms in total. The van der Waals surface area contributed by atoms with Crippen LogP contribution >= 0.6 is 0 Å². The summed E-state index contributed by atoms with van der Waals surface area (Å²) in [5.74, 6) is -1.57. The van der Waals surface area contributed by atoms with Crippen molar-refractivity contribution < 1.29 is 13.2 Å². The highest BCUT2D eigenvalue weighted by molar-refractivity contribution is 5.73. The number of aromatic nitrogens is 2. The van der Waals surface area contributed by atoms with Crippen LogP contribution < -0.4 is 5.73 Å². The van der Waals surface area contributed by atoms with E-state index < -0.39 is 11.6 Å². The van der Waals surface area contributed by atoms with Crippen molar-refractivity contribution in [3.05, 3.63) is 41.6 Å². The zero-order valence-electron chi connectivity index (χ0n) is 9.95. The highest BCUT2D eigenvalue weighted by Gasteiger charge is 2.16. The van der Waals surface area contributed by atoms with Gasteiger partial charge in [-0.3, -0.25) is 0 Å². The Morgan fingerprint density at radius 2 is 1.89 bits per heavy atom. The molecule has 0 aliphatic carbocycles. The lowest BCUT2D eigenvalue weighted by Gasteiger charge is -2.01. The van der Waals surface area contributed by atoms with Crippen molar-refractivity contribution in [1.29, 1.82) is 0 Å². The summed E-state index contributed by atoms with van der Waals surface area (Å²) in [7, 11) is 0. The van der Waals surface area contributed by atoms with E-state index in [0.717, 1.165) is 11.8 Å². The van der Waals surface area contributed by atoms with Crippen LogP contribution in [-0.2, 0) is 0 Å². The quantitative estimate of drug-likeness (QED) is 0.684. The molecule has 6 heteroatoms. The van der Waals surface area contributed by atoms with Gasteiger partial charge in [-0.05, 0) is 25.1 Å². The normalized spacial score (nSPS) is 11.1. The molecule has 96 valence electrons. The number of hydrogen-bond donors (Lipinski definition) is 1. The van der Waals surface area contributed by atoms with Crippen LogP contribution in [0, 0.1) is 18.6 Å². The minimum Gasteiger partial charge on any atom is -0.434 e. The van der Waals surface area contributed by atoms with E-state index in [1.165, 1.54) is 0 Å². The van der Waals surface area contributed by atoms with Crippen molar-refractivity contribution >= 4 is 16.9 Å². The monoisotopic (exact) mass is 261 g/mol. The van der Waals surface area contributed by atoms with Crippen molar-refractivity contribution in [2.45, 2.75) is 6.92 Å². The van der Waals surface area contributed by atoms with Gasteiger partial charge in [-0.2, -0.15) is 4.98 Å². The Hall–Kier alpha value is -2.50. The third-order valence-electron chi connectivity index (χ3n) is 2.71. The third-order valence-corrected chi connectivity index (χ3v) is 2.71. The fraction of sp³-hybridized carbons (Fsp3) is 0.0769. The Kier molecular flexibility index (Phi) is 2.45. The fourth-order valence-corrected chi connectivity index (χ4v) is 1.76. The molecule has 0 aliphatic heterocycles. The van der Waals surface area contributed by atoms with E-state index in [-0.39, 0.29) is 17.1 Å². The minimum absolute atomic E-state index is 0.00885. The maximum atomic E-state index is 13.7. The molecule has 3 aromatic rings. The summed E-state index contributed by atoms with van der Waals surface area (Å²) in [6, 6.07) is 5.31. The minimum atomic E-state index is -0.814. The zero-order chi connectivity index (χ0) is 13.6. The summed E-state index contributed by atoms with van der Waals surface area (Å²) in [6.07, 6.45) is 0. The van der Waals surface area contributed by atoms with Crippen LogP contribution in [0.2, 0.25) is 0 Å². The van der Waals surface area contributed by atoms with Gasteiger partial charge in [0.2, 0.25) is 5.89 Å². The zero-order valence-corrected chi connectivity index (χ0v) is 9.95. The highest BCUT2D eigenvalue weighted by Crippen LogP contribution is 2.28. The van der Waals surface area contributed by atoms with Crippen LogP contribution in [0.25, 0.3) is 22.7 Å². The summed E-state index contributed by atoms with van der Waals surface area (Å²) in [5, 5.41) is 0. The Morgan fingerprint density at radius 1 is 1.11 bits per heavy atom. The van der Waals surface area contributed by atoms with Crippen molar-refractivity contribution in [1.82, 2.24) is 9.97 Å². The van der Waals surface area contributed by atoms with Crippen LogP contribution in [0.1, 0.15) is 5.69 Å². The number of pyridine rings is 1. The van der Waals surface area contributed by atoms with Gasteiger partial charge in [-0.15, -0.1) is 0 Å². The van der Waals surface area contributed by atoms with Crippen LogP contribution in [0.15, 0.2) is 28.7 Å². The molecule has 0 fully saturated rings. The lowest BCUT2D eigenvalue weighted by atomic mass is 10.2. The van der Waals surface area contributed by atoms with Gasteiger partial charge in [0.25, 0.3) is 0 Å². The van der Waals surface area contributed by atoms with Gasteiger partial charge in [-0.25, -0.2) is 13.8 Å². The van der Waals surface area contributed by atoms with E-state index in [0.29, 0.717) is 17.3 Å². The summed E-state index contributed by atoms with van der Waals surface area (Å²) >= 11 is 0. The first-order valence-electron chi connectivity index (χ1n) is 5.53. The van der Waals surface area contributed by atoms with Gasteiger partial charge >= 0.3 is 0 Å². The maximum absolute atomic E-state index is 13.7. The Bertz CT molecular complexity index is 783. The number of nitrogen functional groups attached to an aromatic ring is 1. The molecule has 3 rings (SSSR count). The summed E-state index contributed by atoms with van der Waals surface area (Å²) in [4.78, 5) is 8.24. The average molecular weight is 261 g/mol. The molecule has 2 N–H and O–H groups in total. The number of oxazole rings is 1. The second-order valence-electron chi connectivity index (χ2n) is 4.15. The molecule has 0 bridgehead atoms. The summed E-state index contributed by atoms with van der Waals surface area (Å²) in [6.45, 7) is 1.81. The number of nitrogens with zero attached hydrogens (tertiary/aromatic N) is 2. The average Bonchev–Trinajstić information content (AvgIpc) is 2.76. The molecule has 0 amide bonds. The number of hydrogen-bond acceptors (Lipinski definition) is 4. The van der Waals surface area contributed by atoms with E-state index in [9.17, 15) is 8.78 Å². The van der Waals surface area contributed by atoms with Crippen LogP contribution in [0.4, 0.5) is 14.5 Å². The molecule has 0 atom stereocenters. The Morgan fingerprint density at radius 3 is 2.68 bits per heavy atom. The second-order valence-corrected chi connectivity index (χ2v) is 4.15. The Balaban J connectivity index is 2.21. The van der Waals surface area contributed by atoms with E-state index in [1.54, 1.807) is 12.1 Å². The molecule has 0 aliphatic rings. The highest BCUT2D eigenvalue weighted by atomic mass is 19.1. The van der Waals surface area contributed by atoms with Crippen molar-refractivity contribution in [3.8, 4) is 11.5 Å². The first-order chi connectivity index (χ1) is 9.04. The molecule has 0 saturated carbocycles. The maximum Gasteiger partial charge on any atom is 0.231 e. The summed E-state index contributed by atoms with van der Waals surface area (Å²) < 4.78 is 32.2. The predicted octanol–water partition coefficient (Wildman–Crippen LogP) is 3.06. The molecule has 2 aromatic heterocycles. The molecule has 0 saturated heterocycles. The predicted molar refractivity (Wildman–Crippen MR) is 66.3 cm³/mol. The number of halogens is 2. The molecule has 19 heavy (non-hydrogen) atoms. The van der Waals surface area contributed by atoms with Crippen molar-refractivity contribution in [2.75, 3.05) is 5.73 Å². The first-order valence-corrected chi connectivity index (χ1v) is 5.53. The SMILES string of the molecule is Cc1ccc2oc(-c3cc(N)c(F)cc3F)nc2n1. The number of anilines is 1. The van der Waals surface area contributed by atoms with Gasteiger partial charge in [0.05, 0.1) is 11.3 Å². The molecule has 1 aromatic carbocycles. The lowest BCUT2D eigenvalue weighted by molar-refractivity contribution is 0.574. The molecule has 0 unspecified atom stereocenters. The lowest BCUT2D eigenvalue weighted by Crippen LogP contribution is -1.94. The summed E-state index contributed by atoms with van der Waals surface area (Å²) in [5.41, 5.74) is 6.84. The van der Waals surface area contributed by atoms with Crippen LogP contribution in [0.3, 0.4) is 0 Å². The van der Waals surface area contributed by atoms with Crippen LogP contribution in [-0.4, -0.2) is 9.97 Å². The van der Waals surface area contributed by atoms with Crippen LogP contribution in [0.5, 0.6) is 0 Å².